The van der Waals surface area contributed by atoms with E-state index in [-0.39, 0.29) is 35.5 Å². The molecule has 0 saturated heterocycles. The molecular formula is C58H69NO11. The Morgan fingerprint density at radius 2 is 1.07 bits per heavy atom. The van der Waals surface area contributed by atoms with Gasteiger partial charge in [-0.15, -0.1) is 0 Å². The second-order valence-corrected chi connectivity index (χ2v) is 18.4. The number of rotatable bonds is 27. The smallest absolute Gasteiger partial charge is 0.343 e. The molecule has 12 heteroatoms. The van der Waals surface area contributed by atoms with Gasteiger partial charge in [-0.05, 0) is 179 Å². The number of unbranched alkanes of at least 4 members (excludes halogenated alkanes) is 6. The summed E-state index contributed by atoms with van der Waals surface area (Å²) in [6, 6.07) is 27.2. The summed E-state index contributed by atoms with van der Waals surface area (Å²) in [4.78, 5) is 67.2. The van der Waals surface area contributed by atoms with Crippen molar-refractivity contribution in [2.75, 3.05) is 26.4 Å². The Morgan fingerprint density at radius 1 is 0.614 bits per heavy atom. The van der Waals surface area contributed by atoms with Gasteiger partial charge in [0.2, 0.25) is 0 Å². The molecule has 0 aromatic heterocycles. The van der Waals surface area contributed by atoms with Crippen molar-refractivity contribution in [3.05, 3.63) is 131 Å². The number of hydrogen-bond donors (Lipinski definition) is 0. The first kappa shape index (κ1) is 54.2. The Labute approximate surface area is 413 Å². The van der Waals surface area contributed by atoms with Crippen molar-refractivity contribution < 1.29 is 52.4 Å². The number of benzene rings is 4. The van der Waals surface area contributed by atoms with Crippen molar-refractivity contribution >= 4 is 41.4 Å². The Hall–Kier alpha value is -6.74. The minimum absolute atomic E-state index is 0.0707. The first-order chi connectivity index (χ1) is 33.8. The van der Waals surface area contributed by atoms with Crippen LogP contribution in [0.4, 0.5) is 5.69 Å². The van der Waals surface area contributed by atoms with E-state index in [2.05, 4.69) is 25.6 Å². The van der Waals surface area contributed by atoms with E-state index in [1.807, 2.05) is 25.1 Å². The molecule has 0 amide bonds. The van der Waals surface area contributed by atoms with E-state index in [1.54, 1.807) is 91.9 Å². The van der Waals surface area contributed by atoms with Gasteiger partial charge in [-0.25, -0.2) is 14.4 Å². The van der Waals surface area contributed by atoms with Crippen molar-refractivity contribution in [2.24, 2.45) is 29.6 Å². The number of esters is 4. The summed E-state index contributed by atoms with van der Waals surface area (Å²) in [5, 5.41) is 0. The number of Topliss-reactive ketones (excluding diaryl/α,β-unsaturated/α-hetero) is 1. The van der Waals surface area contributed by atoms with Crippen molar-refractivity contribution in [3.63, 3.8) is 0 Å². The zero-order chi connectivity index (χ0) is 50.3. The molecule has 372 valence electrons. The Kier molecular flexibility index (Phi) is 22.2. The van der Waals surface area contributed by atoms with Crippen LogP contribution in [0, 0.1) is 36.2 Å². The van der Waals surface area contributed by atoms with E-state index < -0.39 is 17.9 Å². The number of carbonyl (C=O) groups excluding carboxylic acids is 5. The van der Waals surface area contributed by atoms with Gasteiger partial charge in [-0.2, -0.15) is 0 Å². The van der Waals surface area contributed by atoms with Gasteiger partial charge >= 0.3 is 23.9 Å². The van der Waals surface area contributed by atoms with Gasteiger partial charge in [0.05, 0.1) is 56.0 Å². The molecule has 0 heterocycles. The highest BCUT2D eigenvalue weighted by atomic mass is 16.5. The molecule has 1 aliphatic carbocycles. The van der Waals surface area contributed by atoms with Crippen LogP contribution in [-0.2, 0) is 23.9 Å². The summed E-state index contributed by atoms with van der Waals surface area (Å²) < 4.78 is 33.7. The number of allylic oxidation sites excluding steroid dienone is 1. The summed E-state index contributed by atoms with van der Waals surface area (Å²) >= 11 is 0. The monoisotopic (exact) mass is 955 g/mol. The lowest BCUT2D eigenvalue weighted by atomic mass is 9.73. The molecular weight excluding hydrogens is 887 g/mol. The van der Waals surface area contributed by atoms with E-state index in [0.29, 0.717) is 85.0 Å². The number of nitrogens with zero attached hydrogens (tertiary/aromatic N) is 1. The molecule has 4 atom stereocenters. The average Bonchev–Trinajstić information content (AvgIpc) is 3.36. The van der Waals surface area contributed by atoms with E-state index in [1.165, 1.54) is 0 Å². The van der Waals surface area contributed by atoms with Crippen molar-refractivity contribution in [2.45, 2.75) is 112 Å². The maximum absolute atomic E-state index is 13.1. The fourth-order valence-electron chi connectivity index (χ4n) is 8.18. The lowest BCUT2D eigenvalue weighted by molar-refractivity contribution is -0.152. The van der Waals surface area contributed by atoms with Crippen LogP contribution in [0.25, 0.3) is 10.9 Å². The fraction of sp³-hybridized carbons (Fsp3) is 0.448. The highest BCUT2D eigenvalue weighted by molar-refractivity contribution is 6.02. The van der Waals surface area contributed by atoms with Crippen LogP contribution >= 0.6 is 0 Å². The second kappa shape index (κ2) is 28.7. The molecule has 1 saturated carbocycles. The average molecular weight is 956 g/mol. The minimum Gasteiger partial charge on any atom is -0.494 e. The molecule has 12 nitrogen and oxygen atoms in total. The molecule has 0 radical (unpaired) electrons. The predicted molar refractivity (Wildman–Crippen MR) is 269 cm³/mol. The molecule has 0 bridgehead atoms. The molecule has 5 rings (SSSR count). The van der Waals surface area contributed by atoms with E-state index in [0.717, 1.165) is 75.3 Å². The van der Waals surface area contributed by atoms with Crippen LogP contribution < -0.4 is 18.9 Å². The third-order valence-electron chi connectivity index (χ3n) is 12.6. The van der Waals surface area contributed by atoms with Crippen LogP contribution in [0.2, 0.25) is 0 Å². The highest BCUT2D eigenvalue weighted by Crippen LogP contribution is 2.35. The van der Waals surface area contributed by atoms with Gasteiger partial charge < -0.3 is 28.4 Å². The van der Waals surface area contributed by atoms with E-state index in [9.17, 15) is 24.0 Å². The summed E-state index contributed by atoms with van der Waals surface area (Å²) in [7, 11) is 0. The third-order valence-corrected chi connectivity index (χ3v) is 12.6. The lowest BCUT2D eigenvalue weighted by Crippen LogP contribution is -2.30. The molecule has 4 unspecified atom stereocenters. The molecule has 0 aliphatic heterocycles. The molecule has 4 aromatic rings. The van der Waals surface area contributed by atoms with Crippen molar-refractivity contribution in [1.82, 2.24) is 0 Å². The van der Waals surface area contributed by atoms with Gasteiger partial charge in [-0.3, -0.25) is 14.4 Å². The summed E-state index contributed by atoms with van der Waals surface area (Å²) in [6.45, 7) is 18.7. The second-order valence-electron chi connectivity index (χ2n) is 18.4. The van der Waals surface area contributed by atoms with E-state index >= 15 is 0 Å². The Morgan fingerprint density at radius 3 is 1.54 bits per heavy atom. The van der Waals surface area contributed by atoms with Crippen LogP contribution in [0.15, 0.2) is 103 Å². The highest BCUT2D eigenvalue weighted by Gasteiger charge is 2.32. The number of ketones is 1. The largest absolute Gasteiger partial charge is 0.494 e. The van der Waals surface area contributed by atoms with Gasteiger partial charge in [-0.1, -0.05) is 58.9 Å². The zero-order valence-electron chi connectivity index (χ0n) is 41.5. The van der Waals surface area contributed by atoms with Crippen molar-refractivity contribution in [3.8, 4) is 23.0 Å². The Bertz CT molecular complexity index is 2360. The Balaban J connectivity index is 0.858. The maximum Gasteiger partial charge on any atom is 0.343 e. The maximum atomic E-state index is 13.1. The number of ether oxygens (including phenoxy) is 6. The fourth-order valence-corrected chi connectivity index (χ4v) is 8.18. The van der Waals surface area contributed by atoms with Gasteiger partial charge in [0.25, 0.3) is 0 Å². The SMILES string of the molecule is [C-]#[N+]c1ccc(OC(=O)c2ccc(OCCCCCCOC(=O)C(CC)CC(C)C(=O)OCCCCCCOc3ccc(C(=O)Oc4ccc(/C=C5/C(=O)C(C(C)C)CCC5C)cc4)cc3)cc2)cc1. The molecule has 0 spiro atoms. The van der Waals surface area contributed by atoms with Gasteiger partial charge in [0.1, 0.15) is 23.0 Å². The van der Waals surface area contributed by atoms with Crippen molar-refractivity contribution in [1.29, 1.82) is 0 Å². The molecule has 1 fully saturated rings. The van der Waals surface area contributed by atoms with Gasteiger partial charge in [0, 0.05) is 5.92 Å². The normalized spacial score (nSPS) is 15.9. The van der Waals surface area contributed by atoms with Crippen LogP contribution in [0.5, 0.6) is 23.0 Å². The van der Waals surface area contributed by atoms with Gasteiger partial charge in [0.15, 0.2) is 11.5 Å². The molecule has 1 aliphatic rings. The molecule has 70 heavy (non-hydrogen) atoms. The first-order valence-corrected chi connectivity index (χ1v) is 24.9. The number of carbonyl (C=O) groups is 5. The quantitative estimate of drug-likeness (QED) is 0.0185. The minimum atomic E-state index is -0.493. The molecule has 4 aromatic carbocycles. The zero-order valence-corrected chi connectivity index (χ0v) is 41.5. The van der Waals surface area contributed by atoms with Crippen LogP contribution in [-0.4, -0.2) is 56.1 Å². The van der Waals surface area contributed by atoms with Crippen LogP contribution in [0.3, 0.4) is 0 Å². The predicted octanol–water partition coefficient (Wildman–Crippen LogP) is 13.0. The lowest BCUT2D eigenvalue weighted by Gasteiger charge is -2.30. The summed E-state index contributed by atoms with van der Waals surface area (Å²) in [6.07, 6.45) is 11.5. The van der Waals surface area contributed by atoms with E-state index in [4.69, 9.17) is 35.0 Å². The standard InChI is InChI=1S/C58H69NO11/c1-7-44(56(62)68-37-15-11-9-13-35-66-49-29-21-46(22-30-49)58(64)70-51-31-23-47(59-6)24-32-51)38-42(5)55(61)67-36-14-10-8-12-34-65-48-27-19-45(20-28-48)57(63)69-50-25-17-43(18-26-50)39-53-41(4)16-33-52(40(2)3)54(53)60/h17-32,39-42,44,52H,7-16,33-38H2,1-5H3/b53-39+. The van der Waals surface area contributed by atoms with Crippen LogP contribution in [0.1, 0.15) is 138 Å². The third kappa shape index (κ3) is 17.7. The first-order valence-electron chi connectivity index (χ1n) is 24.9. The topological polar surface area (TPSA) is 145 Å². The molecule has 0 N–H and O–H groups in total. The summed E-state index contributed by atoms with van der Waals surface area (Å²) in [5.41, 5.74) is 3.04. The number of hydrogen-bond acceptors (Lipinski definition) is 11. The summed E-state index contributed by atoms with van der Waals surface area (Å²) in [5.74, 6) is 0.607.